The van der Waals surface area contributed by atoms with Crippen molar-refractivity contribution < 1.29 is 13.5 Å². The van der Waals surface area contributed by atoms with E-state index in [9.17, 15) is 13.5 Å². The maximum absolute atomic E-state index is 11.0. The van der Waals surface area contributed by atoms with Crippen molar-refractivity contribution in [3.05, 3.63) is 35.9 Å². The van der Waals surface area contributed by atoms with Crippen LogP contribution in [-0.4, -0.2) is 8.42 Å². The molecule has 12 heavy (non-hydrogen) atoms. The van der Waals surface area contributed by atoms with Crippen molar-refractivity contribution in [2.45, 2.75) is 5.44 Å². The van der Waals surface area contributed by atoms with Crippen molar-refractivity contribution in [3.63, 3.8) is 0 Å². The van der Waals surface area contributed by atoms with E-state index in [0.29, 0.717) is 0 Å². The molecule has 1 atom stereocenters. The molecule has 0 bridgehead atoms. The molecular weight excluding hydrogens is 178 g/mol. The van der Waals surface area contributed by atoms with Gasteiger partial charge in [-0.15, -0.1) is 0 Å². The summed E-state index contributed by atoms with van der Waals surface area (Å²) in [5.74, 6) is 0. The Labute approximate surface area is 70.7 Å². The minimum atomic E-state index is -4.01. The quantitative estimate of drug-likeness (QED) is 0.725. The summed E-state index contributed by atoms with van der Waals surface area (Å²) in [6.45, 7) is 0. The van der Waals surface area contributed by atoms with Gasteiger partial charge < -0.3 is 0 Å². The van der Waals surface area contributed by atoms with Gasteiger partial charge in [0.15, 0.2) is 0 Å². The van der Waals surface area contributed by atoms with Crippen LogP contribution in [0.1, 0.15) is 11.0 Å². The highest BCUT2D eigenvalue weighted by molar-refractivity contribution is 7.89. The van der Waals surface area contributed by atoms with Gasteiger partial charge in [0.05, 0.1) is 0 Å². The first-order valence-electron chi connectivity index (χ1n) is 3.24. The Morgan fingerprint density at radius 3 is 2.08 bits per heavy atom. The summed E-state index contributed by atoms with van der Waals surface area (Å²) in [6.07, 6.45) is 0. The maximum Gasteiger partial charge on any atom is 0.243 e. The van der Waals surface area contributed by atoms with Gasteiger partial charge in [-0.3, -0.25) is 0 Å². The molecule has 1 rings (SSSR count). The van der Waals surface area contributed by atoms with Crippen molar-refractivity contribution in [3.8, 4) is 0 Å². The van der Waals surface area contributed by atoms with Gasteiger partial charge in [-0.1, -0.05) is 30.3 Å². The Morgan fingerprint density at radius 2 is 1.67 bits per heavy atom. The lowest BCUT2D eigenvalue weighted by Gasteiger charge is -2.04. The largest absolute Gasteiger partial charge is 0.243 e. The number of hydrogen-bond donors (Lipinski definition) is 1. The fraction of sp³-hybridized carbons (Fsp3) is 0.143. The topological polar surface area (TPSA) is 80.1 Å². The lowest BCUT2D eigenvalue weighted by Crippen LogP contribution is -2.20. The smallest absolute Gasteiger partial charge is 0.226 e. The zero-order chi connectivity index (χ0) is 9.19. The van der Waals surface area contributed by atoms with Gasteiger partial charge in [-0.2, -0.15) is 0 Å². The number of sulfonamides is 1. The van der Waals surface area contributed by atoms with Gasteiger partial charge in [0.2, 0.25) is 15.5 Å². The third-order valence-electron chi connectivity index (χ3n) is 1.37. The van der Waals surface area contributed by atoms with Gasteiger partial charge in [-0.25, -0.2) is 18.7 Å². The first-order chi connectivity index (χ1) is 5.52. The van der Waals surface area contributed by atoms with E-state index in [2.05, 4.69) is 5.14 Å². The fourth-order valence-corrected chi connectivity index (χ4v) is 1.34. The lowest BCUT2D eigenvalue weighted by atomic mass is 10.2. The number of rotatable bonds is 2. The predicted octanol–water partition coefficient (Wildman–Crippen LogP) is 0.404. The van der Waals surface area contributed by atoms with E-state index in [0.717, 1.165) is 0 Å². The summed E-state index contributed by atoms with van der Waals surface area (Å²) in [5.41, 5.74) is -1.71. The molecule has 1 unspecified atom stereocenters. The third-order valence-corrected chi connectivity index (χ3v) is 2.24. The molecule has 1 aromatic rings. The van der Waals surface area contributed by atoms with Gasteiger partial charge in [0, 0.05) is 5.56 Å². The van der Waals surface area contributed by atoms with Crippen molar-refractivity contribution in [1.82, 2.24) is 0 Å². The second kappa shape index (κ2) is 3.22. The molecule has 0 heterocycles. The molecule has 0 aliphatic carbocycles. The predicted molar refractivity (Wildman–Crippen MR) is 43.0 cm³/mol. The van der Waals surface area contributed by atoms with E-state index in [1.54, 1.807) is 18.2 Å². The van der Waals surface area contributed by atoms with Crippen molar-refractivity contribution in [2.75, 3.05) is 0 Å². The van der Waals surface area contributed by atoms with E-state index < -0.39 is 15.5 Å². The molecule has 0 saturated carbocycles. The molecular formula is C7H8NO3S. The molecule has 0 aromatic heterocycles. The molecule has 4 nitrogen and oxygen atoms in total. The molecule has 2 N–H and O–H groups in total. The Kier molecular flexibility index (Phi) is 2.46. The zero-order valence-electron chi connectivity index (χ0n) is 6.17. The number of primary sulfonamides is 1. The number of hydrogen-bond acceptors (Lipinski definition) is 2. The second-order valence-corrected chi connectivity index (χ2v) is 3.94. The zero-order valence-corrected chi connectivity index (χ0v) is 6.99. The minimum Gasteiger partial charge on any atom is -0.226 e. The van der Waals surface area contributed by atoms with Crippen LogP contribution in [0.3, 0.4) is 0 Å². The first-order valence-corrected chi connectivity index (χ1v) is 4.85. The number of benzene rings is 1. The van der Waals surface area contributed by atoms with Crippen molar-refractivity contribution in [1.29, 1.82) is 0 Å². The van der Waals surface area contributed by atoms with Gasteiger partial charge >= 0.3 is 0 Å². The number of nitrogens with two attached hydrogens (primary N) is 1. The van der Waals surface area contributed by atoms with Gasteiger partial charge in [0.1, 0.15) is 0 Å². The van der Waals surface area contributed by atoms with Crippen LogP contribution in [0.5, 0.6) is 0 Å². The Morgan fingerprint density at radius 1 is 1.17 bits per heavy atom. The molecule has 0 aliphatic rings. The first kappa shape index (κ1) is 9.18. The summed E-state index contributed by atoms with van der Waals surface area (Å²) >= 11 is 0. The van der Waals surface area contributed by atoms with E-state index in [-0.39, 0.29) is 5.56 Å². The van der Waals surface area contributed by atoms with E-state index in [1.807, 2.05) is 0 Å². The summed E-state index contributed by atoms with van der Waals surface area (Å²) in [6, 6.07) is 7.74. The minimum absolute atomic E-state index is 0.167. The maximum atomic E-state index is 11.0. The standard InChI is InChI=1S/C7H8NO3S/c8-12(10,11)7(9)6-4-2-1-3-5-6/h1-5,7H,(H2,8,10,11). The van der Waals surface area contributed by atoms with E-state index in [4.69, 9.17) is 0 Å². The highest BCUT2D eigenvalue weighted by Gasteiger charge is 2.21. The molecule has 1 radical (unpaired) electrons. The normalized spacial score (nSPS) is 14.2. The highest BCUT2D eigenvalue weighted by atomic mass is 32.2. The Balaban J connectivity index is 3.02. The molecule has 65 valence electrons. The highest BCUT2D eigenvalue weighted by Crippen LogP contribution is 2.16. The molecule has 0 amide bonds. The van der Waals surface area contributed by atoms with Crippen LogP contribution in [-0.2, 0) is 15.1 Å². The summed E-state index contributed by atoms with van der Waals surface area (Å²) < 4.78 is 21.2. The van der Waals surface area contributed by atoms with E-state index >= 15 is 0 Å². The molecule has 0 fully saturated rings. The van der Waals surface area contributed by atoms with Crippen LogP contribution in [0, 0.1) is 0 Å². The fourth-order valence-electron chi connectivity index (χ4n) is 0.800. The average Bonchev–Trinajstić information content (AvgIpc) is 2.03. The summed E-state index contributed by atoms with van der Waals surface area (Å²) in [7, 11) is -4.01. The molecule has 0 aliphatic heterocycles. The van der Waals surface area contributed by atoms with Crippen LogP contribution in [0.25, 0.3) is 0 Å². The SMILES string of the molecule is NS(=O)(=O)C([O])c1ccccc1. The van der Waals surface area contributed by atoms with Crippen molar-refractivity contribution in [2.24, 2.45) is 5.14 Å². The van der Waals surface area contributed by atoms with Gasteiger partial charge in [0.25, 0.3) is 0 Å². The van der Waals surface area contributed by atoms with Gasteiger partial charge in [-0.05, 0) is 0 Å². The third kappa shape index (κ3) is 2.04. The second-order valence-electron chi connectivity index (χ2n) is 2.33. The summed E-state index contributed by atoms with van der Waals surface area (Å²) in [4.78, 5) is 0. The van der Waals surface area contributed by atoms with Crippen LogP contribution in [0.4, 0.5) is 0 Å². The lowest BCUT2D eigenvalue weighted by molar-refractivity contribution is 0.156. The van der Waals surface area contributed by atoms with Crippen LogP contribution >= 0.6 is 0 Å². The monoisotopic (exact) mass is 186 g/mol. The Bertz CT molecular complexity index is 346. The average molecular weight is 186 g/mol. The molecule has 0 saturated heterocycles. The molecule has 1 aromatic carbocycles. The van der Waals surface area contributed by atoms with Crippen LogP contribution in [0.15, 0.2) is 30.3 Å². The van der Waals surface area contributed by atoms with Crippen LogP contribution in [0.2, 0.25) is 0 Å². The van der Waals surface area contributed by atoms with Crippen LogP contribution < -0.4 is 5.14 Å². The molecule has 0 spiro atoms. The Hall–Kier alpha value is -0.910. The van der Waals surface area contributed by atoms with E-state index in [1.165, 1.54) is 12.1 Å². The summed E-state index contributed by atoms with van der Waals surface area (Å²) in [5, 5.41) is 15.7. The van der Waals surface area contributed by atoms with Crippen molar-refractivity contribution >= 4 is 10.0 Å². The molecule has 5 heteroatoms.